The molecule has 1 N–H and O–H groups in total. The predicted molar refractivity (Wildman–Crippen MR) is 120 cm³/mol. The summed E-state index contributed by atoms with van der Waals surface area (Å²) in [5, 5.41) is 3.82. The molecule has 3 atom stereocenters. The Morgan fingerprint density at radius 3 is 2.62 bits per heavy atom. The number of anilines is 1. The Hall–Kier alpha value is -3.00. The molecule has 1 aliphatic heterocycles. The van der Waals surface area contributed by atoms with Gasteiger partial charge in [0.25, 0.3) is 0 Å². The number of ether oxygens (including phenoxy) is 1. The Morgan fingerprint density at radius 1 is 0.966 bits per heavy atom. The molecule has 29 heavy (non-hydrogen) atoms. The number of benzene rings is 3. The van der Waals surface area contributed by atoms with Gasteiger partial charge in [0.05, 0.1) is 12.6 Å². The molecule has 3 unspecified atom stereocenters. The van der Waals surface area contributed by atoms with Crippen LogP contribution < -0.4 is 10.1 Å². The first kappa shape index (κ1) is 18.1. The molecule has 0 radical (unpaired) electrons. The van der Waals surface area contributed by atoms with Gasteiger partial charge in [-0.15, -0.1) is 0 Å². The summed E-state index contributed by atoms with van der Waals surface area (Å²) in [6, 6.07) is 26.4. The van der Waals surface area contributed by atoms with Crippen LogP contribution in [0, 0.1) is 12.8 Å². The second-order valence-corrected chi connectivity index (χ2v) is 8.22. The lowest BCUT2D eigenvalue weighted by Crippen LogP contribution is -2.29. The lowest BCUT2D eigenvalue weighted by molar-refractivity contribution is 0.320. The van der Waals surface area contributed by atoms with Crippen LogP contribution in [0.2, 0.25) is 0 Å². The lowest BCUT2D eigenvalue weighted by atomic mass is 9.77. The predicted octanol–water partition coefficient (Wildman–Crippen LogP) is 6.44. The van der Waals surface area contributed by atoms with Crippen LogP contribution in [0.5, 0.6) is 5.75 Å². The highest BCUT2D eigenvalue weighted by Crippen LogP contribution is 2.50. The quantitative estimate of drug-likeness (QED) is 0.513. The highest BCUT2D eigenvalue weighted by atomic mass is 16.5. The minimum Gasteiger partial charge on any atom is -0.493 e. The van der Waals surface area contributed by atoms with Crippen molar-refractivity contribution in [2.24, 2.45) is 5.92 Å². The summed E-state index contributed by atoms with van der Waals surface area (Å²) < 4.78 is 6.10. The number of hydrogen-bond acceptors (Lipinski definition) is 2. The van der Waals surface area contributed by atoms with Crippen LogP contribution in [0.4, 0.5) is 5.69 Å². The Balaban J connectivity index is 1.35. The third-order valence-corrected chi connectivity index (χ3v) is 6.27. The highest BCUT2D eigenvalue weighted by Gasteiger charge is 2.37. The monoisotopic (exact) mass is 381 g/mol. The van der Waals surface area contributed by atoms with E-state index in [4.69, 9.17) is 4.74 Å². The first-order chi connectivity index (χ1) is 14.3. The largest absolute Gasteiger partial charge is 0.493 e. The van der Waals surface area contributed by atoms with Crippen LogP contribution in [-0.4, -0.2) is 6.61 Å². The number of allylic oxidation sites excluding steroid dienone is 2. The van der Waals surface area contributed by atoms with Crippen LogP contribution in [0.1, 0.15) is 40.6 Å². The fourth-order valence-corrected chi connectivity index (χ4v) is 4.70. The van der Waals surface area contributed by atoms with E-state index in [0.29, 0.717) is 24.5 Å². The molecule has 0 saturated carbocycles. The standard InChI is InChI=1S/C27H27NO/c1-19-10-12-21(13-11-19)27-24-9-5-8-23(24)25-18-22(14-15-26(25)28-27)29-17-16-20-6-3-2-4-7-20/h2-8,10-15,18,23-24,27-28H,9,16-17H2,1H3. The Morgan fingerprint density at radius 2 is 1.79 bits per heavy atom. The van der Waals surface area contributed by atoms with Gasteiger partial charge in [0.2, 0.25) is 0 Å². The summed E-state index contributed by atoms with van der Waals surface area (Å²) in [4.78, 5) is 0. The number of aryl methyl sites for hydroxylation is 1. The molecule has 3 aromatic carbocycles. The van der Waals surface area contributed by atoms with Gasteiger partial charge in [-0.05, 0) is 54.2 Å². The van der Waals surface area contributed by atoms with E-state index in [1.807, 2.05) is 0 Å². The summed E-state index contributed by atoms with van der Waals surface area (Å²) >= 11 is 0. The zero-order chi connectivity index (χ0) is 19.6. The Labute approximate surface area is 173 Å². The third-order valence-electron chi connectivity index (χ3n) is 6.27. The molecule has 2 aliphatic rings. The number of hydrogen-bond donors (Lipinski definition) is 1. The first-order valence-corrected chi connectivity index (χ1v) is 10.6. The lowest BCUT2D eigenvalue weighted by Gasteiger charge is -2.37. The van der Waals surface area contributed by atoms with Crippen molar-refractivity contribution in [3.8, 4) is 5.75 Å². The van der Waals surface area contributed by atoms with Crippen molar-refractivity contribution in [3.05, 3.63) is 107 Å². The molecule has 0 bridgehead atoms. The van der Waals surface area contributed by atoms with Gasteiger partial charge in [-0.2, -0.15) is 0 Å². The molecule has 0 saturated heterocycles. The van der Waals surface area contributed by atoms with Gasteiger partial charge in [0.1, 0.15) is 5.75 Å². The zero-order valence-electron chi connectivity index (χ0n) is 16.8. The van der Waals surface area contributed by atoms with E-state index in [1.54, 1.807) is 0 Å². The SMILES string of the molecule is Cc1ccc(C2Nc3ccc(OCCc4ccccc4)cc3C3C=CCC32)cc1. The van der Waals surface area contributed by atoms with Gasteiger partial charge in [-0.3, -0.25) is 0 Å². The van der Waals surface area contributed by atoms with Crippen LogP contribution in [-0.2, 0) is 6.42 Å². The van der Waals surface area contributed by atoms with E-state index in [2.05, 4.69) is 97.2 Å². The van der Waals surface area contributed by atoms with Crippen molar-refractivity contribution in [2.45, 2.75) is 31.7 Å². The van der Waals surface area contributed by atoms with Gasteiger partial charge >= 0.3 is 0 Å². The molecule has 5 rings (SSSR count). The van der Waals surface area contributed by atoms with Gasteiger partial charge in [-0.1, -0.05) is 72.3 Å². The molecule has 0 aromatic heterocycles. The van der Waals surface area contributed by atoms with E-state index in [9.17, 15) is 0 Å². The molecule has 2 heteroatoms. The smallest absolute Gasteiger partial charge is 0.119 e. The van der Waals surface area contributed by atoms with Gasteiger partial charge < -0.3 is 10.1 Å². The minimum atomic E-state index is 0.355. The molecular weight excluding hydrogens is 354 g/mol. The maximum Gasteiger partial charge on any atom is 0.119 e. The maximum absolute atomic E-state index is 6.10. The van der Waals surface area contributed by atoms with E-state index in [-0.39, 0.29) is 0 Å². The summed E-state index contributed by atoms with van der Waals surface area (Å²) in [5.41, 5.74) is 6.60. The molecule has 0 amide bonds. The van der Waals surface area contributed by atoms with Crippen molar-refractivity contribution < 1.29 is 4.74 Å². The fraction of sp³-hybridized carbons (Fsp3) is 0.259. The molecule has 3 aromatic rings. The highest BCUT2D eigenvalue weighted by molar-refractivity contribution is 5.61. The van der Waals surface area contributed by atoms with Crippen molar-refractivity contribution in [1.29, 1.82) is 0 Å². The first-order valence-electron chi connectivity index (χ1n) is 10.6. The average molecular weight is 382 g/mol. The molecule has 0 fully saturated rings. The van der Waals surface area contributed by atoms with E-state index in [0.717, 1.165) is 18.6 Å². The average Bonchev–Trinajstić information content (AvgIpc) is 3.25. The van der Waals surface area contributed by atoms with E-state index in [1.165, 1.54) is 27.9 Å². The molecule has 0 spiro atoms. The van der Waals surface area contributed by atoms with Gasteiger partial charge in [-0.25, -0.2) is 0 Å². The number of fused-ring (bicyclic) bond motifs is 3. The normalized spacial score (nSPS) is 21.9. The molecular formula is C27H27NO. The van der Waals surface area contributed by atoms with E-state index < -0.39 is 0 Å². The summed E-state index contributed by atoms with van der Waals surface area (Å²) in [6.45, 7) is 2.85. The Kier molecular flexibility index (Phi) is 4.85. The molecule has 1 aliphatic carbocycles. The molecule has 1 heterocycles. The minimum absolute atomic E-state index is 0.355. The second-order valence-electron chi connectivity index (χ2n) is 8.22. The number of rotatable bonds is 5. The van der Waals surface area contributed by atoms with Crippen molar-refractivity contribution >= 4 is 5.69 Å². The topological polar surface area (TPSA) is 21.3 Å². The third kappa shape index (κ3) is 3.67. The van der Waals surface area contributed by atoms with Gasteiger partial charge in [0.15, 0.2) is 0 Å². The summed E-state index contributed by atoms with van der Waals surface area (Å²) in [5.74, 6) is 1.98. The maximum atomic E-state index is 6.10. The summed E-state index contributed by atoms with van der Waals surface area (Å²) in [6.07, 6.45) is 6.78. The van der Waals surface area contributed by atoms with Crippen LogP contribution in [0.25, 0.3) is 0 Å². The zero-order valence-corrected chi connectivity index (χ0v) is 16.8. The van der Waals surface area contributed by atoms with Crippen LogP contribution in [0.15, 0.2) is 84.9 Å². The van der Waals surface area contributed by atoms with Gasteiger partial charge in [0, 0.05) is 18.0 Å². The van der Waals surface area contributed by atoms with Crippen LogP contribution >= 0.6 is 0 Å². The second kappa shape index (κ2) is 7.79. The van der Waals surface area contributed by atoms with Crippen LogP contribution in [0.3, 0.4) is 0 Å². The fourth-order valence-electron chi connectivity index (χ4n) is 4.70. The number of nitrogens with one attached hydrogen (secondary N) is 1. The van der Waals surface area contributed by atoms with E-state index >= 15 is 0 Å². The molecule has 146 valence electrons. The van der Waals surface area contributed by atoms with Crippen molar-refractivity contribution in [3.63, 3.8) is 0 Å². The molecule has 2 nitrogen and oxygen atoms in total. The van der Waals surface area contributed by atoms with Crippen molar-refractivity contribution in [1.82, 2.24) is 0 Å². The Bertz CT molecular complexity index is 1010. The summed E-state index contributed by atoms with van der Waals surface area (Å²) in [7, 11) is 0. The van der Waals surface area contributed by atoms with Crippen molar-refractivity contribution in [2.75, 3.05) is 11.9 Å².